The van der Waals surface area contributed by atoms with Gasteiger partial charge < -0.3 is 15.0 Å². The molecule has 3 saturated heterocycles. The Hall–Kier alpha value is -0.610. The standard InChI is InChI=1S/C14H24N2O2/c17-13(12-4-1-9-18-12)16-8-3-6-14(11-16)5-2-7-15-10-14/h12,15H,1-11H2/t12-,14-/m1/s1. The summed E-state index contributed by atoms with van der Waals surface area (Å²) in [6.07, 6.45) is 6.77. The minimum atomic E-state index is -0.142. The molecule has 0 aromatic carbocycles. The van der Waals surface area contributed by atoms with Crippen molar-refractivity contribution in [3.8, 4) is 0 Å². The highest BCUT2D eigenvalue weighted by Crippen LogP contribution is 2.36. The number of carbonyl (C=O) groups is 1. The van der Waals surface area contributed by atoms with Crippen molar-refractivity contribution in [2.75, 3.05) is 32.8 Å². The summed E-state index contributed by atoms with van der Waals surface area (Å²) in [7, 11) is 0. The molecule has 1 amide bonds. The third-order valence-electron chi connectivity index (χ3n) is 4.74. The molecule has 0 radical (unpaired) electrons. The van der Waals surface area contributed by atoms with Gasteiger partial charge in [0.1, 0.15) is 6.10 Å². The first kappa shape index (κ1) is 12.4. The van der Waals surface area contributed by atoms with Crippen molar-refractivity contribution in [2.24, 2.45) is 5.41 Å². The smallest absolute Gasteiger partial charge is 0.251 e. The van der Waals surface area contributed by atoms with E-state index in [1.54, 1.807) is 0 Å². The quantitative estimate of drug-likeness (QED) is 0.761. The van der Waals surface area contributed by atoms with E-state index < -0.39 is 0 Å². The van der Waals surface area contributed by atoms with E-state index in [1.165, 1.54) is 19.3 Å². The molecule has 2 atom stereocenters. The highest BCUT2D eigenvalue weighted by Gasteiger charge is 2.40. The Balaban J connectivity index is 1.64. The first-order valence-electron chi connectivity index (χ1n) is 7.40. The average Bonchev–Trinajstić information content (AvgIpc) is 2.93. The van der Waals surface area contributed by atoms with Gasteiger partial charge in [0.15, 0.2) is 0 Å². The summed E-state index contributed by atoms with van der Waals surface area (Å²) in [4.78, 5) is 14.5. The zero-order valence-electron chi connectivity index (χ0n) is 11.1. The maximum atomic E-state index is 12.4. The molecule has 3 rings (SSSR count). The average molecular weight is 252 g/mol. The monoisotopic (exact) mass is 252 g/mol. The fraction of sp³-hybridized carbons (Fsp3) is 0.929. The molecule has 3 fully saturated rings. The van der Waals surface area contributed by atoms with E-state index in [4.69, 9.17) is 4.74 Å². The molecular formula is C14H24N2O2. The fourth-order valence-electron chi connectivity index (χ4n) is 3.75. The van der Waals surface area contributed by atoms with Gasteiger partial charge in [0.25, 0.3) is 5.91 Å². The first-order chi connectivity index (χ1) is 8.79. The summed E-state index contributed by atoms with van der Waals surface area (Å²) >= 11 is 0. The molecule has 0 unspecified atom stereocenters. The molecule has 1 spiro atoms. The van der Waals surface area contributed by atoms with Crippen LogP contribution in [-0.4, -0.2) is 49.7 Å². The molecule has 0 aromatic rings. The lowest BCUT2D eigenvalue weighted by Gasteiger charge is -2.45. The molecule has 4 heteroatoms. The van der Waals surface area contributed by atoms with Crippen LogP contribution in [0.5, 0.6) is 0 Å². The summed E-state index contributed by atoms with van der Waals surface area (Å²) in [5, 5.41) is 3.51. The Kier molecular flexibility index (Phi) is 3.57. The number of hydrogen-bond acceptors (Lipinski definition) is 3. The Labute approximate surface area is 109 Å². The lowest BCUT2D eigenvalue weighted by molar-refractivity contribution is -0.144. The lowest BCUT2D eigenvalue weighted by Crippen LogP contribution is -2.54. The molecule has 3 aliphatic heterocycles. The van der Waals surface area contributed by atoms with Crippen LogP contribution < -0.4 is 5.32 Å². The Morgan fingerprint density at radius 3 is 2.89 bits per heavy atom. The third-order valence-corrected chi connectivity index (χ3v) is 4.74. The van der Waals surface area contributed by atoms with E-state index in [0.717, 1.165) is 52.0 Å². The highest BCUT2D eigenvalue weighted by atomic mass is 16.5. The van der Waals surface area contributed by atoms with Crippen LogP contribution in [0.3, 0.4) is 0 Å². The zero-order valence-corrected chi connectivity index (χ0v) is 11.1. The minimum Gasteiger partial charge on any atom is -0.368 e. The summed E-state index contributed by atoms with van der Waals surface area (Å²) in [5.41, 5.74) is 0.352. The summed E-state index contributed by atoms with van der Waals surface area (Å²) < 4.78 is 5.54. The van der Waals surface area contributed by atoms with Gasteiger partial charge in [0, 0.05) is 31.7 Å². The SMILES string of the molecule is O=C([C@H]1CCCO1)N1CCC[C@@]2(CCCNC2)C1. The molecule has 3 aliphatic rings. The number of nitrogens with zero attached hydrogens (tertiary/aromatic N) is 1. The van der Waals surface area contributed by atoms with E-state index >= 15 is 0 Å². The number of hydrogen-bond donors (Lipinski definition) is 1. The number of rotatable bonds is 1. The van der Waals surface area contributed by atoms with E-state index in [-0.39, 0.29) is 12.0 Å². The second-order valence-corrected chi connectivity index (χ2v) is 6.15. The molecule has 4 nitrogen and oxygen atoms in total. The van der Waals surface area contributed by atoms with Crippen LogP contribution in [0, 0.1) is 5.41 Å². The summed E-state index contributed by atoms with van der Waals surface area (Å²) in [5.74, 6) is 0.247. The Bertz CT molecular complexity index is 301. The van der Waals surface area contributed by atoms with E-state index in [9.17, 15) is 4.79 Å². The number of ether oxygens (including phenoxy) is 1. The van der Waals surface area contributed by atoms with E-state index in [0.29, 0.717) is 5.41 Å². The second-order valence-electron chi connectivity index (χ2n) is 6.15. The number of amides is 1. The Morgan fingerprint density at radius 1 is 1.28 bits per heavy atom. The molecule has 1 N–H and O–H groups in total. The largest absolute Gasteiger partial charge is 0.368 e. The number of carbonyl (C=O) groups excluding carboxylic acids is 1. The zero-order chi connectivity index (χ0) is 12.4. The van der Waals surface area contributed by atoms with Gasteiger partial charge in [-0.05, 0) is 45.1 Å². The van der Waals surface area contributed by atoms with Crippen molar-refractivity contribution in [3.63, 3.8) is 0 Å². The van der Waals surface area contributed by atoms with Crippen molar-refractivity contribution in [2.45, 2.75) is 44.6 Å². The Morgan fingerprint density at radius 2 is 2.17 bits per heavy atom. The van der Waals surface area contributed by atoms with Crippen LogP contribution in [0.25, 0.3) is 0 Å². The third kappa shape index (κ3) is 2.41. The van der Waals surface area contributed by atoms with Gasteiger partial charge in [0.2, 0.25) is 0 Å². The molecule has 0 aliphatic carbocycles. The van der Waals surface area contributed by atoms with E-state index in [2.05, 4.69) is 10.2 Å². The van der Waals surface area contributed by atoms with Crippen LogP contribution in [0.15, 0.2) is 0 Å². The van der Waals surface area contributed by atoms with Gasteiger partial charge in [-0.1, -0.05) is 0 Å². The molecule has 0 bridgehead atoms. The lowest BCUT2D eigenvalue weighted by atomic mass is 9.74. The van der Waals surface area contributed by atoms with Crippen molar-refractivity contribution >= 4 is 5.91 Å². The predicted molar refractivity (Wildman–Crippen MR) is 69.3 cm³/mol. The van der Waals surface area contributed by atoms with Gasteiger partial charge in [-0.25, -0.2) is 0 Å². The topological polar surface area (TPSA) is 41.6 Å². The van der Waals surface area contributed by atoms with Crippen molar-refractivity contribution in [1.29, 1.82) is 0 Å². The fourth-order valence-corrected chi connectivity index (χ4v) is 3.75. The summed E-state index contributed by atoms with van der Waals surface area (Å²) in [6.45, 7) is 4.86. The van der Waals surface area contributed by atoms with Gasteiger partial charge in [-0.15, -0.1) is 0 Å². The minimum absolute atomic E-state index is 0.142. The highest BCUT2D eigenvalue weighted by molar-refractivity contribution is 5.81. The van der Waals surface area contributed by atoms with Crippen molar-refractivity contribution in [3.05, 3.63) is 0 Å². The molecule has 3 heterocycles. The van der Waals surface area contributed by atoms with Crippen LogP contribution in [0.2, 0.25) is 0 Å². The number of piperidine rings is 2. The predicted octanol–water partition coefficient (Wildman–Crippen LogP) is 1.16. The number of nitrogens with one attached hydrogen (secondary N) is 1. The first-order valence-corrected chi connectivity index (χ1v) is 7.40. The van der Waals surface area contributed by atoms with Crippen molar-refractivity contribution in [1.82, 2.24) is 10.2 Å². The van der Waals surface area contributed by atoms with Gasteiger partial charge in [0.05, 0.1) is 0 Å². The molecule has 0 saturated carbocycles. The van der Waals surface area contributed by atoms with Gasteiger partial charge >= 0.3 is 0 Å². The second kappa shape index (κ2) is 5.17. The maximum Gasteiger partial charge on any atom is 0.251 e. The molecular weight excluding hydrogens is 228 g/mol. The van der Waals surface area contributed by atoms with Gasteiger partial charge in [-0.2, -0.15) is 0 Å². The normalized spacial score (nSPS) is 37.1. The maximum absolute atomic E-state index is 12.4. The van der Waals surface area contributed by atoms with Crippen LogP contribution in [-0.2, 0) is 9.53 Å². The van der Waals surface area contributed by atoms with Crippen LogP contribution in [0.1, 0.15) is 38.5 Å². The number of likely N-dealkylation sites (tertiary alicyclic amines) is 1. The molecule has 0 aromatic heterocycles. The van der Waals surface area contributed by atoms with Crippen molar-refractivity contribution < 1.29 is 9.53 Å². The van der Waals surface area contributed by atoms with Crippen LogP contribution in [0.4, 0.5) is 0 Å². The summed E-state index contributed by atoms with van der Waals surface area (Å²) in [6, 6.07) is 0. The van der Waals surface area contributed by atoms with Crippen LogP contribution >= 0.6 is 0 Å². The van der Waals surface area contributed by atoms with Gasteiger partial charge in [-0.3, -0.25) is 4.79 Å². The molecule has 18 heavy (non-hydrogen) atoms. The van der Waals surface area contributed by atoms with E-state index in [1.807, 2.05) is 0 Å². The molecule has 102 valence electrons.